The zero-order valence-corrected chi connectivity index (χ0v) is 16.7. The van der Waals surface area contributed by atoms with Crippen LogP contribution in [0, 0.1) is 6.92 Å². The smallest absolute Gasteiger partial charge is 0.336 e. The van der Waals surface area contributed by atoms with Crippen LogP contribution in [0.1, 0.15) is 17.4 Å². The van der Waals surface area contributed by atoms with E-state index in [1.165, 1.54) is 6.07 Å². The van der Waals surface area contributed by atoms with Crippen LogP contribution in [0.2, 0.25) is 0 Å². The normalized spacial score (nSPS) is 30.7. The lowest BCUT2D eigenvalue weighted by molar-refractivity contribution is -0.350. The molecule has 2 N–H and O–H groups in total. The van der Waals surface area contributed by atoms with Crippen LogP contribution in [0.3, 0.4) is 0 Å². The molecule has 8 nitrogen and oxygen atoms in total. The van der Waals surface area contributed by atoms with Crippen molar-refractivity contribution in [3.8, 4) is 5.75 Å². The second kappa shape index (κ2) is 8.07. The minimum atomic E-state index is -1.35. The maximum absolute atomic E-state index is 11.7. The number of hydrogen-bond donors (Lipinski definition) is 2. The van der Waals surface area contributed by atoms with E-state index in [-0.39, 0.29) is 6.61 Å². The van der Waals surface area contributed by atoms with Crippen molar-refractivity contribution in [3.63, 3.8) is 0 Å². The molecule has 0 amide bonds. The van der Waals surface area contributed by atoms with Crippen LogP contribution in [0.25, 0.3) is 11.0 Å². The van der Waals surface area contributed by atoms with E-state index in [1.54, 1.807) is 18.2 Å². The summed E-state index contributed by atoms with van der Waals surface area (Å²) >= 11 is 0. The Labute approximate surface area is 177 Å². The summed E-state index contributed by atoms with van der Waals surface area (Å²) < 4.78 is 28.5. The van der Waals surface area contributed by atoms with Gasteiger partial charge >= 0.3 is 5.63 Å². The van der Waals surface area contributed by atoms with Gasteiger partial charge in [0.1, 0.15) is 35.7 Å². The van der Waals surface area contributed by atoms with Gasteiger partial charge in [-0.15, -0.1) is 0 Å². The van der Waals surface area contributed by atoms with Crippen LogP contribution in [0.15, 0.2) is 63.8 Å². The molecule has 3 aromatic rings. The van der Waals surface area contributed by atoms with E-state index in [2.05, 4.69) is 0 Å². The topological polar surface area (TPSA) is 108 Å². The van der Waals surface area contributed by atoms with Crippen molar-refractivity contribution >= 4 is 11.0 Å². The van der Waals surface area contributed by atoms with Gasteiger partial charge in [0.05, 0.1) is 6.61 Å². The molecule has 2 aliphatic rings. The minimum absolute atomic E-state index is 0.166. The Bertz CT molecular complexity index is 1130. The number of hydrogen-bond acceptors (Lipinski definition) is 8. The molecule has 0 bridgehead atoms. The Balaban J connectivity index is 1.33. The molecule has 2 saturated heterocycles. The summed E-state index contributed by atoms with van der Waals surface area (Å²) in [7, 11) is 0. The standard InChI is InChI=1S/C23H22O8/c1-12-9-18(24)29-16-10-14(7-8-15(12)16)28-23-20(26)19(25)21-17(30-23)11-27-22(31-21)13-5-3-2-4-6-13/h2-10,17,19-23,25-26H,11H2,1H3/t17?,19-,20+,21+,22?,23-/m1/s1. The Morgan fingerprint density at radius 2 is 1.81 bits per heavy atom. The summed E-state index contributed by atoms with van der Waals surface area (Å²) in [5.41, 5.74) is 1.50. The maximum atomic E-state index is 11.7. The van der Waals surface area contributed by atoms with Crippen LogP contribution < -0.4 is 10.4 Å². The molecule has 2 aliphatic heterocycles. The van der Waals surface area contributed by atoms with Gasteiger partial charge in [-0.05, 0) is 24.6 Å². The number of fused-ring (bicyclic) bond motifs is 2. The average molecular weight is 426 g/mol. The molecule has 31 heavy (non-hydrogen) atoms. The Kier molecular flexibility index (Phi) is 5.25. The molecule has 2 aromatic carbocycles. The van der Waals surface area contributed by atoms with Crippen LogP contribution in [0.5, 0.6) is 5.75 Å². The zero-order valence-electron chi connectivity index (χ0n) is 16.7. The lowest BCUT2D eigenvalue weighted by Crippen LogP contribution is -2.62. The second-order valence-corrected chi connectivity index (χ2v) is 7.73. The molecule has 0 saturated carbocycles. The van der Waals surface area contributed by atoms with Crippen molar-refractivity contribution in [2.45, 2.75) is 43.9 Å². The highest BCUT2D eigenvalue weighted by Gasteiger charge is 2.49. The largest absolute Gasteiger partial charge is 0.462 e. The molecule has 2 unspecified atom stereocenters. The summed E-state index contributed by atoms with van der Waals surface area (Å²) in [4.78, 5) is 11.7. The van der Waals surface area contributed by atoms with Crippen molar-refractivity contribution in [3.05, 3.63) is 76.1 Å². The summed E-state index contributed by atoms with van der Waals surface area (Å²) in [6.45, 7) is 1.98. The Morgan fingerprint density at radius 3 is 2.61 bits per heavy atom. The quantitative estimate of drug-likeness (QED) is 0.613. The summed E-state index contributed by atoms with van der Waals surface area (Å²) in [5, 5.41) is 22.1. The molecular weight excluding hydrogens is 404 g/mol. The molecule has 1 aromatic heterocycles. The molecular formula is C23H22O8. The third-order valence-corrected chi connectivity index (χ3v) is 5.58. The molecule has 2 fully saturated rings. The van der Waals surface area contributed by atoms with Gasteiger partial charge in [-0.3, -0.25) is 0 Å². The van der Waals surface area contributed by atoms with Crippen molar-refractivity contribution in [2.24, 2.45) is 0 Å². The predicted octanol–water partition coefficient (Wildman–Crippen LogP) is 2.04. The van der Waals surface area contributed by atoms with Gasteiger partial charge in [0, 0.05) is 23.1 Å². The van der Waals surface area contributed by atoms with Crippen LogP contribution >= 0.6 is 0 Å². The van der Waals surface area contributed by atoms with E-state index in [4.69, 9.17) is 23.4 Å². The summed E-state index contributed by atoms with van der Waals surface area (Å²) in [5.74, 6) is 0.329. The molecule has 5 rings (SSSR count). The number of benzene rings is 2. The molecule has 6 atom stereocenters. The monoisotopic (exact) mass is 426 g/mol. The molecule has 0 radical (unpaired) electrons. The van der Waals surface area contributed by atoms with E-state index >= 15 is 0 Å². The molecule has 8 heteroatoms. The highest BCUT2D eigenvalue weighted by Crippen LogP contribution is 2.35. The fourth-order valence-electron chi connectivity index (χ4n) is 3.97. The maximum Gasteiger partial charge on any atom is 0.336 e. The molecule has 0 aliphatic carbocycles. The second-order valence-electron chi connectivity index (χ2n) is 7.73. The average Bonchev–Trinajstić information content (AvgIpc) is 2.77. The third kappa shape index (κ3) is 3.84. The molecule has 0 spiro atoms. The summed E-state index contributed by atoms with van der Waals surface area (Å²) in [6.07, 6.45) is -5.78. The Hall–Kier alpha value is -2.75. The number of aliphatic hydroxyl groups excluding tert-OH is 2. The van der Waals surface area contributed by atoms with Gasteiger partial charge in [0.2, 0.25) is 6.29 Å². The van der Waals surface area contributed by atoms with E-state index in [0.717, 1.165) is 16.5 Å². The van der Waals surface area contributed by atoms with Crippen LogP contribution in [0.4, 0.5) is 0 Å². The van der Waals surface area contributed by atoms with E-state index < -0.39 is 42.6 Å². The molecule has 162 valence electrons. The number of ether oxygens (including phenoxy) is 4. The number of aryl methyl sites for hydroxylation is 1. The van der Waals surface area contributed by atoms with Gasteiger partial charge in [-0.1, -0.05) is 30.3 Å². The first-order valence-corrected chi connectivity index (χ1v) is 10.0. The fraction of sp³-hybridized carbons (Fsp3) is 0.348. The predicted molar refractivity (Wildman–Crippen MR) is 109 cm³/mol. The lowest BCUT2D eigenvalue weighted by atomic mass is 9.98. The van der Waals surface area contributed by atoms with Crippen LogP contribution in [-0.4, -0.2) is 47.5 Å². The van der Waals surface area contributed by atoms with E-state index in [0.29, 0.717) is 11.3 Å². The zero-order chi connectivity index (χ0) is 21.5. The van der Waals surface area contributed by atoms with Crippen molar-refractivity contribution < 1.29 is 33.6 Å². The molecule has 3 heterocycles. The number of aliphatic hydroxyl groups is 2. The highest BCUT2D eigenvalue weighted by atomic mass is 16.8. The first kappa shape index (κ1) is 20.2. The summed E-state index contributed by atoms with van der Waals surface area (Å²) in [6, 6.07) is 15.8. The SMILES string of the molecule is Cc1cc(=O)oc2cc(O[C@@H]3OC4COC(c5ccccc5)O[C@@H]4[C@H](O)[C@@H]3O)ccc12. The fourth-order valence-corrected chi connectivity index (χ4v) is 3.97. The van der Waals surface area contributed by atoms with Gasteiger partial charge in [0.25, 0.3) is 0 Å². The van der Waals surface area contributed by atoms with E-state index in [9.17, 15) is 15.0 Å². The lowest BCUT2D eigenvalue weighted by Gasteiger charge is -2.46. The first-order valence-electron chi connectivity index (χ1n) is 10.0. The third-order valence-electron chi connectivity index (χ3n) is 5.58. The van der Waals surface area contributed by atoms with Gasteiger partial charge in [-0.25, -0.2) is 4.79 Å². The van der Waals surface area contributed by atoms with Gasteiger partial charge < -0.3 is 33.6 Å². The number of rotatable bonds is 3. The van der Waals surface area contributed by atoms with Crippen molar-refractivity contribution in [2.75, 3.05) is 6.61 Å². The van der Waals surface area contributed by atoms with Gasteiger partial charge in [0.15, 0.2) is 6.29 Å². The highest BCUT2D eigenvalue weighted by molar-refractivity contribution is 5.81. The van der Waals surface area contributed by atoms with Gasteiger partial charge in [-0.2, -0.15) is 0 Å². The van der Waals surface area contributed by atoms with Crippen molar-refractivity contribution in [1.82, 2.24) is 0 Å². The van der Waals surface area contributed by atoms with Crippen LogP contribution in [-0.2, 0) is 14.2 Å². The minimum Gasteiger partial charge on any atom is -0.462 e. The van der Waals surface area contributed by atoms with Crippen molar-refractivity contribution in [1.29, 1.82) is 0 Å². The van der Waals surface area contributed by atoms with E-state index in [1.807, 2.05) is 37.3 Å². The first-order chi connectivity index (χ1) is 15.0. The Morgan fingerprint density at radius 1 is 1.00 bits per heavy atom.